The standard InChI is InChI=1S/C9H16O/c1-6-2-3-8-7(6)4-5-9(8)10/h6-10H,2-5H2,1H3. The lowest BCUT2D eigenvalue weighted by Gasteiger charge is -2.14. The van der Waals surface area contributed by atoms with Crippen molar-refractivity contribution in [1.29, 1.82) is 0 Å². The maximum Gasteiger partial charge on any atom is 0.0571 e. The smallest absolute Gasteiger partial charge is 0.0571 e. The SMILES string of the molecule is CC1CCC2C(O)CCC12. The van der Waals surface area contributed by atoms with Gasteiger partial charge in [-0.25, -0.2) is 0 Å². The highest BCUT2D eigenvalue weighted by molar-refractivity contribution is 4.92. The van der Waals surface area contributed by atoms with Gasteiger partial charge in [0.05, 0.1) is 6.10 Å². The Labute approximate surface area is 62.4 Å². The monoisotopic (exact) mass is 140 g/mol. The number of rotatable bonds is 0. The quantitative estimate of drug-likeness (QED) is 0.544. The Morgan fingerprint density at radius 2 is 1.70 bits per heavy atom. The van der Waals surface area contributed by atoms with Gasteiger partial charge < -0.3 is 5.11 Å². The van der Waals surface area contributed by atoms with Crippen molar-refractivity contribution in [3.05, 3.63) is 0 Å². The van der Waals surface area contributed by atoms with Gasteiger partial charge in [-0.05, 0) is 37.0 Å². The van der Waals surface area contributed by atoms with E-state index in [1.807, 2.05) is 0 Å². The Hall–Kier alpha value is -0.0400. The maximum atomic E-state index is 9.52. The molecule has 2 aliphatic rings. The van der Waals surface area contributed by atoms with Crippen molar-refractivity contribution in [1.82, 2.24) is 0 Å². The molecule has 2 saturated carbocycles. The van der Waals surface area contributed by atoms with E-state index >= 15 is 0 Å². The van der Waals surface area contributed by atoms with Crippen LogP contribution in [0.2, 0.25) is 0 Å². The van der Waals surface area contributed by atoms with Crippen LogP contribution in [0.15, 0.2) is 0 Å². The fraction of sp³-hybridized carbons (Fsp3) is 1.00. The molecule has 0 aliphatic heterocycles. The van der Waals surface area contributed by atoms with Crippen molar-refractivity contribution < 1.29 is 5.11 Å². The largest absolute Gasteiger partial charge is 0.393 e. The van der Waals surface area contributed by atoms with Gasteiger partial charge in [-0.15, -0.1) is 0 Å². The highest BCUT2D eigenvalue weighted by atomic mass is 16.3. The molecule has 1 N–H and O–H groups in total. The Morgan fingerprint density at radius 1 is 1.00 bits per heavy atom. The van der Waals surface area contributed by atoms with Crippen LogP contribution < -0.4 is 0 Å². The molecule has 0 aromatic carbocycles. The fourth-order valence-electron chi connectivity index (χ4n) is 2.86. The third-order valence-corrected chi connectivity index (χ3v) is 3.53. The number of hydrogen-bond donors (Lipinski definition) is 1. The normalized spacial score (nSPS) is 53.4. The molecule has 0 aromatic rings. The summed E-state index contributed by atoms with van der Waals surface area (Å²) < 4.78 is 0. The highest BCUT2D eigenvalue weighted by Gasteiger charge is 2.41. The highest BCUT2D eigenvalue weighted by Crippen LogP contribution is 2.47. The van der Waals surface area contributed by atoms with E-state index in [4.69, 9.17) is 0 Å². The maximum absolute atomic E-state index is 9.52. The predicted octanol–water partition coefficient (Wildman–Crippen LogP) is 1.80. The second-order valence-corrected chi connectivity index (χ2v) is 4.03. The third-order valence-electron chi connectivity index (χ3n) is 3.53. The van der Waals surface area contributed by atoms with Gasteiger partial charge in [0.15, 0.2) is 0 Å². The average Bonchev–Trinajstić information content (AvgIpc) is 2.41. The second kappa shape index (κ2) is 2.23. The summed E-state index contributed by atoms with van der Waals surface area (Å²) in [6.45, 7) is 2.34. The van der Waals surface area contributed by atoms with E-state index in [2.05, 4.69) is 6.92 Å². The van der Waals surface area contributed by atoms with Gasteiger partial charge in [-0.1, -0.05) is 13.3 Å². The van der Waals surface area contributed by atoms with Crippen LogP contribution in [0.5, 0.6) is 0 Å². The summed E-state index contributed by atoms with van der Waals surface area (Å²) in [6.07, 6.45) is 5.04. The number of aliphatic hydroxyl groups excluding tert-OH is 1. The summed E-state index contributed by atoms with van der Waals surface area (Å²) in [5, 5.41) is 9.52. The second-order valence-electron chi connectivity index (χ2n) is 4.03. The molecule has 0 amide bonds. The Kier molecular flexibility index (Phi) is 1.48. The summed E-state index contributed by atoms with van der Waals surface area (Å²) in [6, 6.07) is 0. The first-order chi connectivity index (χ1) is 4.79. The molecule has 1 heteroatoms. The van der Waals surface area contributed by atoms with Crippen molar-refractivity contribution in [3.8, 4) is 0 Å². The fourth-order valence-corrected chi connectivity index (χ4v) is 2.86. The minimum absolute atomic E-state index is 0.0509. The predicted molar refractivity (Wildman–Crippen MR) is 40.6 cm³/mol. The Bertz CT molecular complexity index is 117. The topological polar surface area (TPSA) is 20.2 Å². The van der Waals surface area contributed by atoms with Gasteiger partial charge in [0, 0.05) is 0 Å². The molecule has 2 rings (SSSR count). The van der Waals surface area contributed by atoms with Crippen LogP contribution in [0.4, 0.5) is 0 Å². The molecular weight excluding hydrogens is 124 g/mol. The molecule has 0 spiro atoms. The summed E-state index contributed by atoms with van der Waals surface area (Å²) >= 11 is 0. The van der Waals surface area contributed by atoms with Gasteiger partial charge in [-0.3, -0.25) is 0 Å². The average molecular weight is 140 g/mol. The van der Waals surface area contributed by atoms with E-state index in [1.54, 1.807) is 0 Å². The molecule has 0 bridgehead atoms. The molecule has 10 heavy (non-hydrogen) atoms. The molecule has 1 nitrogen and oxygen atoms in total. The zero-order chi connectivity index (χ0) is 7.14. The molecule has 0 radical (unpaired) electrons. The molecule has 0 saturated heterocycles. The van der Waals surface area contributed by atoms with Crippen molar-refractivity contribution in [3.63, 3.8) is 0 Å². The summed E-state index contributed by atoms with van der Waals surface area (Å²) in [5.74, 6) is 2.44. The van der Waals surface area contributed by atoms with Crippen LogP contribution in [0, 0.1) is 17.8 Å². The molecular formula is C9H16O. The number of hydrogen-bond acceptors (Lipinski definition) is 1. The van der Waals surface area contributed by atoms with Crippen LogP contribution in [0.1, 0.15) is 32.6 Å². The van der Waals surface area contributed by atoms with Gasteiger partial charge in [0.1, 0.15) is 0 Å². The zero-order valence-corrected chi connectivity index (χ0v) is 6.59. The first-order valence-corrected chi connectivity index (χ1v) is 4.47. The summed E-state index contributed by atoms with van der Waals surface area (Å²) in [5.41, 5.74) is 0. The lowest BCUT2D eigenvalue weighted by Crippen LogP contribution is -2.15. The Balaban J connectivity index is 2.09. The molecule has 2 aliphatic carbocycles. The van der Waals surface area contributed by atoms with Gasteiger partial charge in [0.2, 0.25) is 0 Å². The van der Waals surface area contributed by atoms with Crippen LogP contribution >= 0.6 is 0 Å². The van der Waals surface area contributed by atoms with E-state index in [0.717, 1.165) is 18.3 Å². The van der Waals surface area contributed by atoms with Crippen LogP contribution in [0.25, 0.3) is 0 Å². The molecule has 0 aromatic heterocycles. The third kappa shape index (κ3) is 0.800. The Morgan fingerprint density at radius 3 is 2.40 bits per heavy atom. The first kappa shape index (κ1) is 6.66. The van der Waals surface area contributed by atoms with E-state index in [0.29, 0.717) is 5.92 Å². The number of fused-ring (bicyclic) bond motifs is 1. The van der Waals surface area contributed by atoms with Crippen LogP contribution in [-0.2, 0) is 0 Å². The lowest BCUT2D eigenvalue weighted by atomic mass is 9.93. The zero-order valence-electron chi connectivity index (χ0n) is 6.59. The van der Waals surface area contributed by atoms with Crippen LogP contribution in [0.3, 0.4) is 0 Å². The summed E-state index contributed by atoms with van der Waals surface area (Å²) in [7, 11) is 0. The van der Waals surface area contributed by atoms with Gasteiger partial charge in [0.25, 0.3) is 0 Å². The van der Waals surface area contributed by atoms with Crippen molar-refractivity contribution >= 4 is 0 Å². The van der Waals surface area contributed by atoms with E-state index < -0.39 is 0 Å². The van der Waals surface area contributed by atoms with E-state index in [1.165, 1.54) is 19.3 Å². The first-order valence-electron chi connectivity index (χ1n) is 4.47. The molecule has 0 heterocycles. The van der Waals surface area contributed by atoms with E-state index in [9.17, 15) is 5.11 Å². The van der Waals surface area contributed by atoms with Crippen molar-refractivity contribution in [2.75, 3.05) is 0 Å². The lowest BCUT2D eigenvalue weighted by molar-refractivity contribution is 0.124. The molecule has 4 atom stereocenters. The number of aliphatic hydroxyl groups is 1. The van der Waals surface area contributed by atoms with Gasteiger partial charge >= 0.3 is 0 Å². The van der Waals surface area contributed by atoms with Gasteiger partial charge in [-0.2, -0.15) is 0 Å². The molecule has 4 unspecified atom stereocenters. The summed E-state index contributed by atoms with van der Waals surface area (Å²) in [4.78, 5) is 0. The minimum Gasteiger partial charge on any atom is -0.393 e. The van der Waals surface area contributed by atoms with Crippen molar-refractivity contribution in [2.45, 2.75) is 38.7 Å². The molecule has 2 fully saturated rings. The van der Waals surface area contributed by atoms with Crippen molar-refractivity contribution in [2.24, 2.45) is 17.8 Å². The van der Waals surface area contributed by atoms with Crippen LogP contribution in [-0.4, -0.2) is 11.2 Å². The minimum atomic E-state index is 0.0509. The molecule has 58 valence electrons. The van der Waals surface area contributed by atoms with E-state index in [-0.39, 0.29) is 6.10 Å².